The fraction of sp³-hybridized carbons (Fsp3) is 0.333. The molecule has 2 aromatic rings. The number of thioether (sulfide) groups is 1. The lowest BCUT2D eigenvalue weighted by Crippen LogP contribution is -2.20. The van der Waals surface area contributed by atoms with Crippen LogP contribution in [0, 0.1) is 11.3 Å². The number of aromatic nitrogens is 1. The molecule has 4 rings (SSSR count). The Morgan fingerprint density at radius 3 is 3.07 bits per heavy atom. The number of carbonyl (C=O) groups excluding carboxylic acids is 1. The van der Waals surface area contributed by atoms with Gasteiger partial charge < -0.3 is 10.1 Å². The summed E-state index contributed by atoms with van der Waals surface area (Å²) in [6.07, 6.45) is 7.50. The summed E-state index contributed by atoms with van der Waals surface area (Å²) in [6.45, 7) is 2.64. The van der Waals surface area contributed by atoms with Crippen LogP contribution in [-0.2, 0) is 4.79 Å². The Bertz CT molecular complexity index is 1030. The number of hydrogen-bond acceptors (Lipinski definition) is 6. The van der Waals surface area contributed by atoms with Gasteiger partial charge in [0.1, 0.15) is 17.4 Å². The number of hydrogen-bond donors (Lipinski definition) is 1. The Labute approximate surface area is 167 Å². The van der Waals surface area contributed by atoms with E-state index in [1.54, 1.807) is 6.20 Å². The van der Waals surface area contributed by atoms with Gasteiger partial charge >= 0.3 is 0 Å². The summed E-state index contributed by atoms with van der Waals surface area (Å²) in [5.74, 6) is 0.425. The average molecular weight is 392 g/mol. The van der Waals surface area contributed by atoms with Gasteiger partial charge in [0.05, 0.1) is 23.1 Å². The topological polar surface area (TPSA) is 87.4 Å². The predicted molar refractivity (Wildman–Crippen MR) is 111 cm³/mol. The molecular formula is C21H20N4O2S. The minimum atomic E-state index is -0.132. The Morgan fingerprint density at radius 2 is 2.32 bits per heavy atom. The Hall–Kier alpha value is -2.85. The Kier molecular flexibility index (Phi) is 5.31. The zero-order chi connectivity index (χ0) is 19.5. The Morgan fingerprint density at radius 1 is 1.46 bits per heavy atom. The van der Waals surface area contributed by atoms with Crippen molar-refractivity contribution < 1.29 is 9.53 Å². The second-order valence-electron chi connectivity index (χ2n) is 6.82. The first-order valence-corrected chi connectivity index (χ1v) is 10.2. The SMILES string of the molecule is CCCCOc1c(C#N)cnc2ccc(C=C3SC(=NC4CC4)NC3=O)cc12. The molecule has 2 heterocycles. The van der Waals surface area contributed by atoms with Crippen molar-refractivity contribution in [2.75, 3.05) is 6.61 Å². The number of ether oxygens (including phenoxy) is 1. The van der Waals surface area contributed by atoms with Crippen LogP contribution in [0.5, 0.6) is 5.75 Å². The molecule has 1 aliphatic heterocycles. The number of benzene rings is 1. The van der Waals surface area contributed by atoms with Gasteiger partial charge in [0.15, 0.2) is 5.17 Å². The fourth-order valence-corrected chi connectivity index (χ4v) is 3.73. The first-order chi connectivity index (χ1) is 13.7. The van der Waals surface area contributed by atoms with E-state index in [4.69, 9.17) is 4.74 Å². The quantitative estimate of drug-likeness (QED) is 0.593. The van der Waals surface area contributed by atoms with Gasteiger partial charge in [-0.3, -0.25) is 14.8 Å². The van der Waals surface area contributed by atoms with Crippen molar-refractivity contribution >= 4 is 39.8 Å². The number of unbranched alkanes of at least 4 members (excludes halogenated alkanes) is 1. The first kappa shape index (κ1) is 18.5. The van der Waals surface area contributed by atoms with Crippen molar-refractivity contribution in [1.29, 1.82) is 5.26 Å². The van der Waals surface area contributed by atoms with Crippen molar-refractivity contribution in [3.8, 4) is 11.8 Å². The molecule has 1 saturated heterocycles. The number of carbonyl (C=O) groups is 1. The number of amides is 1. The van der Waals surface area contributed by atoms with Crippen LogP contribution in [0.15, 0.2) is 34.3 Å². The van der Waals surface area contributed by atoms with E-state index in [9.17, 15) is 10.1 Å². The standard InChI is InChI=1S/C21H20N4O2S/c1-2-3-8-27-19-14(11-22)12-23-17-7-4-13(9-16(17)19)10-18-20(26)25-21(28-18)24-15-5-6-15/h4,7,9-10,12,15H,2-3,5-6,8H2,1H3,(H,24,25,26). The lowest BCUT2D eigenvalue weighted by atomic mass is 10.1. The number of nitrogens with zero attached hydrogens (tertiary/aromatic N) is 3. The van der Waals surface area contributed by atoms with E-state index < -0.39 is 0 Å². The van der Waals surface area contributed by atoms with Crippen LogP contribution in [-0.4, -0.2) is 28.7 Å². The van der Waals surface area contributed by atoms with Crippen LogP contribution in [0.4, 0.5) is 0 Å². The molecule has 1 amide bonds. The third kappa shape index (κ3) is 4.02. The van der Waals surface area contributed by atoms with Crippen molar-refractivity contribution in [3.05, 3.63) is 40.4 Å². The van der Waals surface area contributed by atoms with Gasteiger partial charge in [0.2, 0.25) is 0 Å². The molecule has 1 N–H and O–H groups in total. The molecule has 0 radical (unpaired) electrons. The summed E-state index contributed by atoms with van der Waals surface area (Å²) in [7, 11) is 0. The molecule has 7 heteroatoms. The molecule has 1 aromatic heterocycles. The highest BCUT2D eigenvalue weighted by molar-refractivity contribution is 8.18. The highest BCUT2D eigenvalue weighted by Gasteiger charge is 2.28. The number of pyridine rings is 1. The molecule has 0 atom stereocenters. The fourth-order valence-electron chi connectivity index (χ4n) is 2.84. The number of rotatable bonds is 6. The zero-order valence-electron chi connectivity index (χ0n) is 15.6. The van der Waals surface area contributed by atoms with Crippen LogP contribution in [0.25, 0.3) is 17.0 Å². The summed E-state index contributed by atoms with van der Waals surface area (Å²) < 4.78 is 5.91. The third-order valence-corrected chi connectivity index (χ3v) is 5.43. The molecule has 2 aliphatic rings. The van der Waals surface area contributed by atoms with E-state index in [1.807, 2.05) is 24.3 Å². The summed E-state index contributed by atoms with van der Waals surface area (Å²) in [5, 5.41) is 13.7. The molecule has 0 spiro atoms. The number of fused-ring (bicyclic) bond motifs is 1. The largest absolute Gasteiger partial charge is 0.491 e. The molecule has 1 aliphatic carbocycles. The number of aliphatic imine (C=N–C) groups is 1. The van der Waals surface area contributed by atoms with E-state index in [-0.39, 0.29) is 5.91 Å². The van der Waals surface area contributed by atoms with E-state index in [2.05, 4.69) is 28.3 Å². The van der Waals surface area contributed by atoms with E-state index in [0.29, 0.717) is 34.0 Å². The predicted octanol–water partition coefficient (Wildman–Crippen LogP) is 4.01. The van der Waals surface area contributed by atoms with Gasteiger partial charge in [0.25, 0.3) is 5.91 Å². The van der Waals surface area contributed by atoms with Crippen molar-refractivity contribution in [2.24, 2.45) is 4.99 Å². The number of nitriles is 1. The maximum Gasteiger partial charge on any atom is 0.264 e. The smallest absolute Gasteiger partial charge is 0.264 e. The molecule has 0 unspecified atom stereocenters. The average Bonchev–Trinajstić information content (AvgIpc) is 3.44. The van der Waals surface area contributed by atoms with Gasteiger partial charge in [-0.15, -0.1) is 0 Å². The summed E-state index contributed by atoms with van der Waals surface area (Å²) in [4.78, 5) is 21.7. The number of nitrogens with one attached hydrogen (secondary N) is 1. The first-order valence-electron chi connectivity index (χ1n) is 9.42. The van der Waals surface area contributed by atoms with Crippen molar-refractivity contribution in [1.82, 2.24) is 10.3 Å². The maximum absolute atomic E-state index is 12.2. The van der Waals surface area contributed by atoms with Gasteiger partial charge in [-0.05, 0) is 54.8 Å². The van der Waals surface area contributed by atoms with Crippen molar-refractivity contribution in [3.63, 3.8) is 0 Å². The molecular weight excluding hydrogens is 372 g/mol. The number of amidine groups is 1. The molecule has 1 aromatic carbocycles. The van der Waals surface area contributed by atoms with E-state index in [1.165, 1.54) is 11.8 Å². The molecule has 1 saturated carbocycles. The minimum absolute atomic E-state index is 0.132. The van der Waals surface area contributed by atoms with E-state index >= 15 is 0 Å². The lowest BCUT2D eigenvalue weighted by Gasteiger charge is -2.11. The lowest BCUT2D eigenvalue weighted by molar-refractivity contribution is -0.115. The second kappa shape index (κ2) is 8.03. The minimum Gasteiger partial charge on any atom is -0.491 e. The van der Waals surface area contributed by atoms with E-state index in [0.717, 1.165) is 42.1 Å². The normalized spacial score (nSPS) is 19.2. The van der Waals surface area contributed by atoms with Gasteiger partial charge in [-0.1, -0.05) is 19.4 Å². The molecule has 0 bridgehead atoms. The molecule has 6 nitrogen and oxygen atoms in total. The highest BCUT2D eigenvalue weighted by atomic mass is 32.2. The summed E-state index contributed by atoms with van der Waals surface area (Å²) in [5.41, 5.74) is 2.03. The Balaban J connectivity index is 1.67. The molecule has 142 valence electrons. The monoisotopic (exact) mass is 392 g/mol. The summed E-state index contributed by atoms with van der Waals surface area (Å²) in [6, 6.07) is 8.23. The van der Waals surface area contributed by atoms with Crippen LogP contribution in [0.1, 0.15) is 43.7 Å². The van der Waals surface area contributed by atoms with Gasteiger partial charge in [-0.2, -0.15) is 5.26 Å². The van der Waals surface area contributed by atoms with Crippen LogP contribution in [0.2, 0.25) is 0 Å². The van der Waals surface area contributed by atoms with Gasteiger partial charge in [0, 0.05) is 11.6 Å². The van der Waals surface area contributed by atoms with Crippen LogP contribution >= 0.6 is 11.8 Å². The highest BCUT2D eigenvalue weighted by Crippen LogP contribution is 2.33. The third-order valence-electron chi connectivity index (χ3n) is 4.50. The zero-order valence-corrected chi connectivity index (χ0v) is 16.4. The van der Waals surface area contributed by atoms with Crippen LogP contribution in [0.3, 0.4) is 0 Å². The molecule has 28 heavy (non-hydrogen) atoms. The molecule has 2 fully saturated rings. The van der Waals surface area contributed by atoms with Crippen molar-refractivity contribution in [2.45, 2.75) is 38.6 Å². The van der Waals surface area contributed by atoms with Crippen LogP contribution < -0.4 is 10.1 Å². The second-order valence-corrected chi connectivity index (χ2v) is 7.85. The van der Waals surface area contributed by atoms with Gasteiger partial charge in [-0.25, -0.2) is 0 Å². The maximum atomic E-state index is 12.2. The summed E-state index contributed by atoms with van der Waals surface area (Å²) >= 11 is 1.37.